The Balaban J connectivity index is 0.00000243. The van der Waals surface area contributed by atoms with Gasteiger partial charge in [-0.3, -0.25) is 5.41 Å². The molecule has 0 saturated carbocycles. The lowest BCUT2D eigenvalue weighted by molar-refractivity contribution is -0.00000617. The second-order valence-electron chi connectivity index (χ2n) is 5.99. The van der Waals surface area contributed by atoms with Gasteiger partial charge in [0.1, 0.15) is 18.1 Å². The third kappa shape index (κ3) is 4.30. The maximum absolute atomic E-state index is 8.54. The lowest BCUT2D eigenvalue weighted by Gasteiger charge is -2.08. The molecule has 0 amide bonds. The molecule has 0 aliphatic rings. The molecule has 0 spiro atoms. The van der Waals surface area contributed by atoms with E-state index in [9.17, 15) is 0 Å². The fourth-order valence-corrected chi connectivity index (χ4v) is 2.99. The maximum atomic E-state index is 8.54. The number of para-hydroxylation sites is 2. The van der Waals surface area contributed by atoms with Gasteiger partial charge in [-0.05, 0) is 42.8 Å². The summed E-state index contributed by atoms with van der Waals surface area (Å²) in [5.41, 5.74) is 2.74. The van der Waals surface area contributed by atoms with Crippen molar-refractivity contribution < 1.29 is 26.5 Å². The van der Waals surface area contributed by atoms with E-state index < -0.39 is 0 Å². The summed E-state index contributed by atoms with van der Waals surface area (Å²) in [5.74, 6) is 1.62. The zero-order valence-electron chi connectivity index (χ0n) is 15.2. The SMILES string of the molecule is CCCCn1c(=N)n(CCOc2ccc(OC)cc2)c2ccccc21.[Br-]. The highest BCUT2D eigenvalue weighted by Crippen LogP contribution is 2.17. The molecule has 0 aliphatic heterocycles. The highest BCUT2D eigenvalue weighted by molar-refractivity contribution is 5.75. The average Bonchev–Trinajstić information content (AvgIpc) is 2.92. The number of benzene rings is 2. The van der Waals surface area contributed by atoms with Crippen LogP contribution in [0, 0.1) is 5.41 Å². The van der Waals surface area contributed by atoms with Crippen molar-refractivity contribution in [1.82, 2.24) is 9.13 Å². The van der Waals surface area contributed by atoms with E-state index in [0.29, 0.717) is 18.8 Å². The minimum absolute atomic E-state index is 0. The Morgan fingerprint density at radius 1 is 0.885 bits per heavy atom. The van der Waals surface area contributed by atoms with Gasteiger partial charge in [0.15, 0.2) is 0 Å². The molecule has 0 fully saturated rings. The summed E-state index contributed by atoms with van der Waals surface area (Å²) in [4.78, 5) is 0. The van der Waals surface area contributed by atoms with Crippen LogP contribution in [0.3, 0.4) is 0 Å². The van der Waals surface area contributed by atoms with Gasteiger partial charge in [0, 0.05) is 6.54 Å². The van der Waals surface area contributed by atoms with E-state index in [2.05, 4.69) is 23.6 Å². The van der Waals surface area contributed by atoms with E-state index in [1.807, 2.05) is 41.0 Å². The van der Waals surface area contributed by atoms with Crippen molar-refractivity contribution in [3.05, 3.63) is 54.1 Å². The summed E-state index contributed by atoms with van der Waals surface area (Å²) in [7, 11) is 1.65. The Morgan fingerprint density at radius 3 is 2.04 bits per heavy atom. The molecule has 2 aromatic carbocycles. The molecule has 0 bridgehead atoms. The van der Waals surface area contributed by atoms with Crippen molar-refractivity contribution in [2.75, 3.05) is 13.7 Å². The Labute approximate surface area is 164 Å². The number of methoxy groups -OCH3 is 1. The Morgan fingerprint density at radius 2 is 1.46 bits per heavy atom. The van der Waals surface area contributed by atoms with Crippen LogP contribution in [0.25, 0.3) is 11.0 Å². The molecular formula is C20H25BrN3O2-. The summed E-state index contributed by atoms with van der Waals surface area (Å²) in [6.45, 7) is 4.21. The van der Waals surface area contributed by atoms with Gasteiger partial charge in [-0.1, -0.05) is 25.5 Å². The van der Waals surface area contributed by atoms with Gasteiger partial charge in [0.2, 0.25) is 5.62 Å². The number of hydrogen-bond donors (Lipinski definition) is 1. The van der Waals surface area contributed by atoms with E-state index in [4.69, 9.17) is 14.9 Å². The lowest BCUT2D eigenvalue weighted by atomic mass is 10.3. The summed E-state index contributed by atoms with van der Waals surface area (Å²) in [6, 6.07) is 15.8. The van der Waals surface area contributed by atoms with Crippen molar-refractivity contribution >= 4 is 11.0 Å². The van der Waals surface area contributed by atoms with Gasteiger partial charge in [0.05, 0.1) is 24.7 Å². The van der Waals surface area contributed by atoms with Crippen LogP contribution in [0.1, 0.15) is 19.8 Å². The van der Waals surface area contributed by atoms with Crippen LogP contribution in [0.15, 0.2) is 48.5 Å². The Bertz CT molecular complexity index is 884. The highest BCUT2D eigenvalue weighted by Gasteiger charge is 2.10. The molecule has 3 rings (SSSR count). The predicted molar refractivity (Wildman–Crippen MR) is 99.2 cm³/mol. The quantitative estimate of drug-likeness (QED) is 0.588. The molecule has 0 aliphatic carbocycles. The van der Waals surface area contributed by atoms with Gasteiger partial charge < -0.3 is 35.6 Å². The molecule has 0 unspecified atom stereocenters. The van der Waals surface area contributed by atoms with Gasteiger partial charge >= 0.3 is 0 Å². The Kier molecular flexibility index (Phi) is 7.33. The van der Waals surface area contributed by atoms with Gasteiger partial charge in [-0.25, -0.2) is 0 Å². The van der Waals surface area contributed by atoms with Crippen molar-refractivity contribution in [2.24, 2.45) is 0 Å². The number of halogens is 1. The van der Waals surface area contributed by atoms with Gasteiger partial charge in [0.25, 0.3) is 0 Å². The zero-order chi connectivity index (χ0) is 17.6. The van der Waals surface area contributed by atoms with Crippen molar-refractivity contribution in [1.29, 1.82) is 5.41 Å². The number of nitrogens with one attached hydrogen (secondary N) is 1. The average molecular weight is 419 g/mol. The number of ether oxygens (including phenoxy) is 2. The maximum Gasteiger partial charge on any atom is 0.203 e. The lowest BCUT2D eigenvalue weighted by Crippen LogP contribution is -3.00. The van der Waals surface area contributed by atoms with E-state index in [1.54, 1.807) is 7.11 Å². The number of aromatic nitrogens is 2. The van der Waals surface area contributed by atoms with E-state index in [-0.39, 0.29) is 17.0 Å². The fourth-order valence-electron chi connectivity index (χ4n) is 2.99. The Hall–Kier alpha value is -2.21. The molecule has 0 radical (unpaired) electrons. The first kappa shape index (κ1) is 20.1. The number of fused-ring (bicyclic) bond motifs is 1. The third-order valence-electron chi connectivity index (χ3n) is 4.35. The molecule has 0 saturated heterocycles. The summed E-state index contributed by atoms with van der Waals surface area (Å²) < 4.78 is 15.1. The molecule has 5 nitrogen and oxygen atoms in total. The molecule has 1 aromatic heterocycles. The van der Waals surface area contributed by atoms with E-state index >= 15 is 0 Å². The van der Waals surface area contributed by atoms with Crippen LogP contribution in [0.4, 0.5) is 0 Å². The number of hydrogen-bond acceptors (Lipinski definition) is 3. The fraction of sp³-hybridized carbons (Fsp3) is 0.350. The second kappa shape index (κ2) is 9.48. The molecular weight excluding hydrogens is 394 g/mol. The number of unbranched alkanes of at least 4 members (excludes halogenated alkanes) is 1. The molecule has 0 atom stereocenters. The predicted octanol–water partition coefficient (Wildman–Crippen LogP) is 0.814. The van der Waals surface area contributed by atoms with Gasteiger partial charge in [-0.15, -0.1) is 0 Å². The van der Waals surface area contributed by atoms with Crippen LogP contribution < -0.4 is 32.1 Å². The molecule has 140 valence electrons. The van der Waals surface area contributed by atoms with Crippen molar-refractivity contribution in [3.8, 4) is 11.5 Å². The minimum Gasteiger partial charge on any atom is -1.00 e. The van der Waals surface area contributed by atoms with Crippen LogP contribution in [-0.2, 0) is 13.1 Å². The topological polar surface area (TPSA) is 52.2 Å². The van der Waals surface area contributed by atoms with Crippen LogP contribution >= 0.6 is 0 Å². The van der Waals surface area contributed by atoms with Crippen molar-refractivity contribution in [3.63, 3.8) is 0 Å². The second-order valence-corrected chi connectivity index (χ2v) is 5.99. The number of aryl methyl sites for hydroxylation is 1. The third-order valence-corrected chi connectivity index (χ3v) is 4.35. The minimum atomic E-state index is 0. The highest BCUT2D eigenvalue weighted by atomic mass is 79.9. The molecule has 1 heterocycles. The summed E-state index contributed by atoms with van der Waals surface area (Å²) >= 11 is 0. The monoisotopic (exact) mass is 418 g/mol. The standard InChI is InChI=1S/C20H25N3O2.BrH/c1-3-4-13-22-18-7-5-6-8-19(18)23(20(22)21)14-15-25-17-11-9-16(24-2)10-12-17;/h5-12,21H,3-4,13-15H2,1-2H3;1H/p-1. The van der Waals surface area contributed by atoms with Crippen LogP contribution in [-0.4, -0.2) is 22.9 Å². The molecule has 1 N–H and O–H groups in total. The van der Waals surface area contributed by atoms with Gasteiger partial charge in [-0.2, -0.15) is 0 Å². The first-order valence-electron chi connectivity index (χ1n) is 8.74. The normalized spacial score (nSPS) is 10.5. The van der Waals surface area contributed by atoms with Crippen molar-refractivity contribution in [2.45, 2.75) is 32.9 Å². The first-order chi connectivity index (χ1) is 12.2. The molecule has 26 heavy (non-hydrogen) atoms. The zero-order valence-corrected chi connectivity index (χ0v) is 16.8. The summed E-state index contributed by atoms with van der Waals surface area (Å²) in [5, 5.41) is 8.54. The number of nitrogens with zero attached hydrogens (tertiary/aromatic N) is 2. The largest absolute Gasteiger partial charge is 1.00 e. The van der Waals surface area contributed by atoms with E-state index in [1.165, 1.54) is 0 Å². The first-order valence-corrected chi connectivity index (χ1v) is 8.74. The molecule has 3 aromatic rings. The molecule has 6 heteroatoms. The summed E-state index contributed by atoms with van der Waals surface area (Å²) in [6.07, 6.45) is 2.19. The smallest absolute Gasteiger partial charge is 0.203 e. The number of imidazole rings is 1. The number of rotatable bonds is 8. The van der Waals surface area contributed by atoms with E-state index in [0.717, 1.165) is 41.9 Å². The van der Waals surface area contributed by atoms with Crippen LogP contribution in [0.5, 0.6) is 11.5 Å². The van der Waals surface area contributed by atoms with Crippen LogP contribution in [0.2, 0.25) is 0 Å².